The van der Waals surface area contributed by atoms with E-state index in [2.05, 4.69) is 26.2 Å². The van der Waals surface area contributed by atoms with E-state index in [1.807, 2.05) is 19.1 Å². The first-order valence-corrected chi connectivity index (χ1v) is 7.40. The highest BCUT2D eigenvalue weighted by Crippen LogP contribution is 2.29. The fourth-order valence-corrected chi connectivity index (χ4v) is 3.23. The van der Waals surface area contributed by atoms with E-state index in [1.54, 1.807) is 11.3 Å². The largest absolute Gasteiger partial charge is 0.376 e. The molecule has 2 atom stereocenters. The fourth-order valence-electron chi connectivity index (χ4n) is 2.08. The minimum atomic E-state index is 0.0358. The maximum absolute atomic E-state index is 5.95. The molecule has 0 bridgehead atoms. The standard InChI is InChI=1S/C13H23ClN2OS/c1-5-17-12(13(2,3)4)10(16-15)8-9-6-7-11(14)18-9/h6-7,10,12,16H,5,8,15H2,1-4H3. The normalized spacial score (nSPS) is 15.7. The molecule has 0 fully saturated rings. The van der Waals surface area contributed by atoms with Crippen molar-refractivity contribution >= 4 is 22.9 Å². The van der Waals surface area contributed by atoms with Gasteiger partial charge in [-0.2, -0.15) is 0 Å². The SMILES string of the molecule is CCOC(C(Cc1ccc(Cl)s1)NN)C(C)(C)C. The number of hydrazine groups is 1. The third kappa shape index (κ3) is 4.52. The Labute approximate surface area is 119 Å². The van der Waals surface area contributed by atoms with Crippen LogP contribution in [0, 0.1) is 5.41 Å². The van der Waals surface area contributed by atoms with Crippen LogP contribution in [-0.2, 0) is 11.2 Å². The summed E-state index contributed by atoms with van der Waals surface area (Å²) >= 11 is 7.55. The fraction of sp³-hybridized carbons (Fsp3) is 0.692. The van der Waals surface area contributed by atoms with E-state index in [0.717, 1.165) is 10.8 Å². The van der Waals surface area contributed by atoms with Crippen molar-refractivity contribution in [3.8, 4) is 0 Å². The molecule has 1 rings (SSSR count). The maximum atomic E-state index is 5.95. The van der Waals surface area contributed by atoms with E-state index in [0.29, 0.717) is 6.61 Å². The van der Waals surface area contributed by atoms with Crippen molar-refractivity contribution in [2.45, 2.75) is 46.3 Å². The molecule has 0 spiro atoms. The summed E-state index contributed by atoms with van der Waals surface area (Å²) in [4.78, 5) is 1.22. The van der Waals surface area contributed by atoms with Gasteiger partial charge < -0.3 is 4.74 Å². The van der Waals surface area contributed by atoms with Crippen LogP contribution < -0.4 is 11.3 Å². The number of thiophene rings is 1. The van der Waals surface area contributed by atoms with Gasteiger partial charge in [-0.15, -0.1) is 11.3 Å². The molecule has 1 aromatic heterocycles. The Bertz CT molecular complexity index is 362. The van der Waals surface area contributed by atoms with Gasteiger partial charge in [0.05, 0.1) is 16.5 Å². The van der Waals surface area contributed by atoms with Crippen molar-refractivity contribution in [1.29, 1.82) is 0 Å². The maximum Gasteiger partial charge on any atom is 0.0931 e. The predicted molar refractivity (Wildman–Crippen MR) is 79.0 cm³/mol. The number of hydrogen-bond acceptors (Lipinski definition) is 4. The Morgan fingerprint density at radius 3 is 2.50 bits per heavy atom. The number of nitrogens with two attached hydrogens (primary N) is 1. The van der Waals surface area contributed by atoms with Gasteiger partial charge in [0.1, 0.15) is 0 Å². The van der Waals surface area contributed by atoms with Gasteiger partial charge in [0.2, 0.25) is 0 Å². The molecule has 1 heterocycles. The summed E-state index contributed by atoms with van der Waals surface area (Å²) in [5.74, 6) is 5.70. The molecule has 0 aliphatic carbocycles. The van der Waals surface area contributed by atoms with Crippen molar-refractivity contribution in [3.05, 3.63) is 21.3 Å². The summed E-state index contributed by atoms with van der Waals surface area (Å²) in [6, 6.07) is 4.05. The van der Waals surface area contributed by atoms with Crippen LogP contribution in [0.5, 0.6) is 0 Å². The molecular formula is C13H23ClN2OS. The van der Waals surface area contributed by atoms with Crippen molar-refractivity contribution in [3.63, 3.8) is 0 Å². The van der Waals surface area contributed by atoms with Crippen molar-refractivity contribution < 1.29 is 4.74 Å². The quantitative estimate of drug-likeness (QED) is 0.625. The minimum Gasteiger partial charge on any atom is -0.376 e. The molecular weight excluding hydrogens is 268 g/mol. The highest BCUT2D eigenvalue weighted by molar-refractivity contribution is 7.16. The van der Waals surface area contributed by atoms with E-state index in [4.69, 9.17) is 22.2 Å². The van der Waals surface area contributed by atoms with Gasteiger partial charge in [0.15, 0.2) is 0 Å². The van der Waals surface area contributed by atoms with Crippen LogP contribution in [0.1, 0.15) is 32.6 Å². The second kappa shape index (κ2) is 6.87. The number of ether oxygens (including phenoxy) is 1. The van der Waals surface area contributed by atoms with Crippen LogP contribution in [0.3, 0.4) is 0 Å². The van der Waals surface area contributed by atoms with Crippen LogP contribution in [-0.4, -0.2) is 18.8 Å². The second-order valence-electron chi connectivity index (χ2n) is 5.43. The lowest BCUT2D eigenvalue weighted by Crippen LogP contribution is -2.51. The zero-order valence-corrected chi connectivity index (χ0v) is 13.1. The number of hydrogen-bond donors (Lipinski definition) is 2. The molecule has 0 aromatic carbocycles. The van der Waals surface area contributed by atoms with Crippen LogP contribution >= 0.6 is 22.9 Å². The molecule has 104 valence electrons. The molecule has 0 radical (unpaired) electrons. The second-order valence-corrected chi connectivity index (χ2v) is 7.22. The lowest BCUT2D eigenvalue weighted by atomic mass is 9.83. The number of rotatable bonds is 6. The van der Waals surface area contributed by atoms with E-state index >= 15 is 0 Å². The van der Waals surface area contributed by atoms with Crippen LogP contribution in [0.2, 0.25) is 4.34 Å². The third-order valence-electron chi connectivity index (χ3n) is 2.83. The zero-order chi connectivity index (χ0) is 13.8. The molecule has 0 aliphatic heterocycles. The molecule has 0 saturated heterocycles. The molecule has 5 heteroatoms. The summed E-state index contributed by atoms with van der Waals surface area (Å²) in [7, 11) is 0. The minimum absolute atomic E-state index is 0.0358. The first-order chi connectivity index (χ1) is 8.38. The van der Waals surface area contributed by atoms with E-state index < -0.39 is 0 Å². The smallest absolute Gasteiger partial charge is 0.0931 e. The first kappa shape index (κ1) is 15.9. The van der Waals surface area contributed by atoms with Gasteiger partial charge in [-0.1, -0.05) is 32.4 Å². The van der Waals surface area contributed by atoms with Crippen LogP contribution in [0.15, 0.2) is 12.1 Å². The van der Waals surface area contributed by atoms with Crippen molar-refractivity contribution in [2.75, 3.05) is 6.61 Å². The Balaban J connectivity index is 2.79. The molecule has 18 heavy (non-hydrogen) atoms. The lowest BCUT2D eigenvalue weighted by molar-refractivity contribution is -0.0354. The van der Waals surface area contributed by atoms with Crippen LogP contribution in [0.4, 0.5) is 0 Å². The highest BCUT2D eigenvalue weighted by Gasteiger charge is 2.32. The summed E-state index contributed by atoms with van der Waals surface area (Å²) in [6.45, 7) is 9.19. The highest BCUT2D eigenvalue weighted by atomic mass is 35.5. The molecule has 3 nitrogen and oxygen atoms in total. The number of nitrogens with one attached hydrogen (secondary N) is 1. The summed E-state index contributed by atoms with van der Waals surface area (Å²) in [6.07, 6.45) is 0.893. The average Bonchev–Trinajstić information content (AvgIpc) is 2.67. The molecule has 0 amide bonds. The van der Waals surface area contributed by atoms with E-state index in [1.165, 1.54) is 4.88 Å². The van der Waals surface area contributed by atoms with Crippen molar-refractivity contribution in [1.82, 2.24) is 5.43 Å². The Hall–Kier alpha value is -0.130. The monoisotopic (exact) mass is 290 g/mol. The number of halogens is 1. The average molecular weight is 291 g/mol. The van der Waals surface area contributed by atoms with Gasteiger partial charge in [-0.3, -0.25) is 11.3 Å². The topological polar surface area (TPSA) is 47.3 Å². The van der Waals surface area contributed by atoms with Gasteiger partial charge in [-0.25, -0.2) is 0 Å². The van der Waals surface area contributed by atoms with Gasteiger partial charge in [-0.05, 0) is 24.5 Å². The third-order valence-corrected chi connectivity index (χ3v) is 4.08. The molecule has 1 aromatic rings. The van der Waals surface area contributed by atoms with Crippen LogP contribution in [0.25, 0.3) is 0 Å². The summed E-state index contributed by atoms with van der Waals surface area (Å²) in [5.41, 5.74) is 2.93. The van der Waals surface area contributed by atoms with Crippen molar-refractivity contribution in [2.24, 2.45) is 11.3 Å². The Kier molecular flexibility index (Phi) is 6.08. The lowest BCUT2D eigenvalue weighted by Gasteiger charge is -2.36. The van der Waals surface area contributed by atoms with Gasteiger partial charge in [0, 0.05) is 17.9 Å². The molecule has 0 saturated carbocycles. The van der Waals surface area contributed by atoms with Gasteiger partial charge >= 0.3 is 0 Å². The predicted octanol–water partition coefficient (Wildman–Crippen LogP) is 3.23. The Morgan fingerprint density at radius 2 is 2.11 bits per heavy atom. The van der Waals surface area contributed by atoms with E-state index in [-0.39, 0.29) is 17.6 Å². The Morgan fingerprint density at radius 1 is 1.44 bits per heavy atom. The summed E-state index contributed by atoms with van der Waals surface area (Å²) in [5, 5.41) is 0. The molecule has 2 unspecified atom stereocenters. The van der Waals surface area contributed by atoms with E-state index in [9.17, 15) is 0 Å². The molecule has 3 N–H and O–H groups in total. The molecule has 0 aliphatic rings. The zero-order valence-electron chi connectivity index (χ0n) is 11.5. The summed E-state index contributed by atoms with van der Waals surface area (Å²) < 4.78 is 6.68. The first-order valence-electron chi connectivity index (χ1n) is 6.20. The van der Waals surface area contributed by atoms with Gasteiger partial charge in [0.25, 0.3) is 0 Å².